The Morgan fingerprint density at radius 3 is 2.56 bits per heavy atom. The van der Waals surface area contributed by atoms with Gasteiger partial charge in [-0.2, -0.15) is 0 Å². The van der Waals surface area contributed by atoms with Gasteiger partial charge in [0.25, 0.3) is 0 Å². The molecule has 0 aliphatic heterocycles. The number of benzene rings is 2. The predicted molar refractivity (Wildman–Crippen MR) is 110 cm³/mol. The second kappa shape index (κ2) is 9.57. The summed E-state index contributed by atoms with van der Waals surface area (Å²) < 4.78 is 5.57. The van der Waals surface area contributed by atoms with Gasteiger partial charge in [0.1, 0.15) is 12.0 Å². The van der Waals surface area contributed by atoms with E-state index in [9.17, 15) is 0 Å². The molecule has 3 rings (SSSR count). The fraction of sp³-hybridized carbons (Fsp3) is 0.273. The Morgan fingerprint density at radius 1 is 1.04 bits per heavy atom. The second-order valence-corrected chi connectivity index (χ2v) is 6.37. The number of hydrogen-bond donors (Lipinski definition) is 2. The van der Waals surface area contributed by atoms with Gasteiger partial charge in [0.2, 0.25) is 5.89 Å². The smallest absolute Gasteiger partial charge is 0.226 e. The van der Waals surface area contributed by atoms with Crippen LogP contribution in [0.2, 0.25) is 0 Å². The predicted octanol–water partition coefficient (Wildman–Crippen LogP) is 3.95. The van der Waals surface area contributed by atoms with Crippen LogP contribution < -0.4 is 10.6 Å². The maximum Gasteiger partial charge on any atom is 0.226 e. The number of hydrogen-bond acceptors (Lipinski definition) is 3. The maximum atomic E-state index is 5.57. The summed E-state index contributed by atoms with van der Waals surface area (Å²) in [4.78, 5) is 9.13. The van der Waals surface area contributed by atoms with E-state index in [0.717, 1.165) is 36.7 Å². The van der Waals surface area contributed by atoms with Crippen LogP contribution in [0.1, 0.15) is 23.7 Å². The fourth-order valence-corrected chi connectivity index (χ4v) is 2.67. The zero-order valence-corrected chi connectivity index (χ0v) is 15.9. The van der Waals surface area contributed by atoms with Crippen LogP contribution in [0, 0.1) is 6.92 Å². The van der Waals surface area contributed by atoms with Gasteiger partial charge in [0.15, 0.2) is 5.96 Å². The van der Waals surface area contributed by atoms with Crippen LogP contribution in [-0.2, 0) is 13.0 Å². The van der Waals surface area contributed by atoms with Crippen LogP contribution in [-0.4, -0.2) is 24.0 Å². The van der Waals surface area contributed by atoms with E-state index >= 15 is 0 Å². The quantitative estimate of drug-likeness (QED) is 0.493. The molecule has 140 valence electrons. The Morgan fingerprint density at radius 2 is 1.81 bits per heavy atom. The van der Waals surface area contributed by atoms with Crippen LogP contribution in [0.25, 0.3) is 11.5 Å². The Balaban J connectivity index is 1.55. The molecule has 0 bridgehead atoms. The summed E-state index contributed by atoms with van der Waals surface area (Å²) in [5.74, 6) is 1.41. The lowest BCUT2D eigenvalue weighted by Gasteiger charge is -2.11. The van der Waals surface area contributed by atoms with Gasteiger partial charge in [-0.3, -0.25) is 0 Å². The number of guanidine groups is 1. The van der Waals surface area contributed by atoms with Gasteiger partial charge in [-0.25, -0.2) is 9.98 Å². The number of oxazole rings is 1. The third-order valence-corrected chi connectivity index (χ3v) is 4.14. The molecule has 0 spiro atoms. The van der Waals surface area contributed by atoms with Gasteiger partial charge in [0.05, 0.1) is 6.54 Å². The minimum Gasteiger partial charge on any atom is -0.444 e. The molecule has 5 nitrogen and oxygen atoms in total. The van der Waals surface area contributed by atoms with E-state index in [1.165, 1.54) is 11.1 Å². The highest BCUT2D eigenvalue weighted by atomic mass is 16.3. The van der Waals surface area contributed by atoms with E-state index in [0.29, 0.717) is 12.4 Å². The molecule has 1 aromatic heterocycles. The van der Waals surface area contributed by atoms with E-state index in [1.54, 1.807) is 6.26 Å². The highest BCUT2D eigenvalue weighted by molar-refractivity contribution is 5.79. The summed E-state index contributed by atoms with van der Waals surface area (Å²) in [5.41, 5.74) is 4.37. The van der Waals surface area contributed by atoms with Gasteiger partial charge < -0.3 is 15.1 Å². The van der Waals surface area contributed by atoms with Crippen molar-refractivity contribution in [3.63, 3.8) is 0 Å². The van der Waals surface area contributed by atoms with E-state index in [2.05, 4.69) is 58.7 Å². The number of aliphatic imine (C=N–C) groups is 1. The van der Waals surface area contributed by atoms with Crippen LogP contribution in [0.4, 0.5) is 0 Å². The molecule has 0 unspecified atom stereocenters. The van der Waals surface area contributed by atoms with Gasteiger partial charge in [-0.15, -0.1) is 0 Å². The molecule has 0 fully saturated rings. The molecule has 3 aromatic rings. The number of nitrogens with zero attached hydrogens (tertiary/aromatic N) is 2. The largest absolute Gasteiger partial charge is 0.444 e. The number of aryl methyl sites for hydroxylation is 1. The SMILES string of the molecule is CCNC(=NCc1coc(-c2ccccc2)n1)NCCc1ccc(C)cc1. The molecule has 0 saturated carbocycles. The highest BCUT2D eigenvalue weighted by Gasteiger charge is 2.06. The lowest BCUT2D eigenvalue weighted by molar-refractivity contribution is 0.572. The Hall–Kier alpha value is -3.08. The molecule has 5 heteroatoms. The first-order valence-corrected chi connectivity index (χ1v) is 9.32. The van der Waals surface area contributed by atoms with Crippen molar-refractivity contribution in [1.82, 2.24) is 15.6 Å². The summed E-state index contributed by atoms with van der Waals surface area (Å²) in [5, 5.41) is 6.64. The minimum atomic E-state index is 0.468. The molecular weight excluding hydrogens is 336 g/mol. The molecule has 0 aliphatic carbocycles. The average Bonchev–Trinajstić information content (AvgIpc) is 3.17. The van der Waals surface area contributed by atoms with Crippen LogP contribution in [0.5, 0.6) is 0 Å². The molecule has 27 heavy (non-hydrogen) atoms. The summed E-state index contributed by atoms with van der Waals surface area (Å²) in [6.45, 7) is 6.26. The molecule has 0 amide bonds. The molecule has 2 aromatic carbocycles. The zero-order chi connectivity index (χ0) is 18.9. The number of nitrogens with one attached hydrogen (secondary N) is 2. The lowest BCUT2D eigenvalue weighted by Crippen LogP contribution is -2.38. The number of aromatic nitrogens is 1. The second-order valence-electron chi connectivity index (χ2n) is 6.37. The van der Waals surface area contributed by atoms with Crippen LogP contribution >= 0.6 is 0 Å². The summed E-state index contributed by atoms with van der Waals surface area (Å²) >= 11 is 0. The third kappa shape index (κ3) is 5.71. The van der Waals surface area contributed by atoms with Crippen molar-refractivity contribution in [2.24, 2.45) is 4.99 Å². The minimum absolute atomic E-state index is 0.468. The van der Waals surface area contributed by atoms with Crippen molar-refractivity contribution in [2.45, 2.75) is 26.8 Å². The topological polar surface area (TPSA) is 62.5 Å². The Kier molecular flexibility index (Phi) is 6.63. The zero-order valence-electron chi connectivity index (χ0n) is 15.9. The van der Waals surface area contributed by atoms with Crippen LogP contribution in [0.15, 0.2) is 70.3 Å². The average molecular weight is 362 g/mol. The normalized spacial score (nSPS) is 11.4. The van der Waals surface area contributed by atoms with E-state index in [1.807, 2.05) is 30.3 Å². The molecular formula is C22H26N4O. The molecule has 0 radical (unpaired) electrons. The van der Waals surface area contributed by atoms with Crippen molar-refractivity contribution >= 4 is 5.96 Å². The van der Waals surface area contributed by atoms with E-state index < -0.39 is 0 Å². The molecule has 0 saturated heterocycles. The van der Waals surface area contributed by atoms with Gasteiger partial charge in [-0.1, -0.05) is 48.0 Å². The fourth-order valence-electron chi connectivity index (χ4n) is 2.67. The Labute approximate surface area is 160 Å². The van der Waals surface area contributed by atoms with Gasteiger partial charge in [-0.05, 0) is 38.0 Å². The molecule has 0 atom stereocenters. The van der Waals surface area contributed by atoms with Crippen molar-refractivity contribution in [2.75, 3.05) is 13.1 Å². The highest BCUT2D eigenvalue weighted by Crippen LogP contribution is 2.18. The summed E-state index contributed by atoms with van der Waals surface area (Å²) in [6, 6.07) is 18.5. The van der Waals surface area contributed by atoms with Gasteiger partial charge in [0, 0.05) is 18.7 Å². The first kappa shape index (κ1) is 18.7. The van der Waals surface area contributed by atoms with E-state index in [4.69, 9.17) is 4.42 Å². The van der Waals surface area contributed by atoms with Crippen LogP contribution in [0.3, 0.4) is 0 Å². The standard InChI is InChI=1S/C22H26N4O/c1-3-23-22(24-14-13-18-11-9-17(2)10-12-18)25-15-20-16-27-21(26-20)19-7-5-4-6-8-19/h4-12,16H,3,13-15H2,1-2H3,(H2,23,24,25). The maximum absolute atomic E-state index is 5.57. The molecule has 0 aliphatic rings. The summed E-state index contributed by atoms with van der Waals surface area (Å²) in [7, 11) is 0. The molecule has 1 heterocycles. The van der Waals surface area contributed by atoms with Crippen molar-refractivity contribution in [3.8, 4) is 11.5 Å². The Bertz CT molecular complexity index is 854. The summed E-state index contributed by atoms with van der Waals surface area (Å²) in [6.07, 6.45) is 2.62. The first-order chi connectivity index (χ1) is 13.2. The lowest BCUT2D eigenvalue weighted by atomic mass is 10.1. The third-order valence-electron chi connectivity index (χ3n) is 4.14. The van der Waals surface area contributed by atoms with Crippen molar-refractivity contribution < 1.29 is 4.42 Å². The number of rotatable bonds is 7. The van der Waals surface area contributed by atoms with Crippen molar-refractivity contribution in [1.29, 1.82) is 0 Å². The van der Waals surface area contributed by atoms with E-state index in [-0.39, 0.29) is 0 Å². The molecule has 2 N–H and O–H groups in total. The van der Waals surface area contributed by atoms with Gasteiger partial charge >= 0.3 is 0 Å². The van der Waals surface area contributed by atoms with Crippen molar-refractivity contribution in [3.05, 3.63) is 77.7 Å². The first-order valence-electron chi connectivity index (χ1n) is 9.32. The monoisotopic (exact) mass is 362 g/mol.